The second-order valence-electron chi connectivity index (χ2n) is 6.13. The van der Waals surface area contributed by atoms with Crippen molar-refractivity contribution in [2.75, 3.05) is 26.2 Å². The summed E-state index contributed by atoms with van der Waals surface area (Å²) < 4.78 is 7.05. The molecule has 1 atom stereocenters. The number of morpholine rings is 1. The van der Waals surface area contributed by atoms with Crippen molar-refractivity contribution in [1.29, 1.82) is 0 Å². The van der Waals surface area contributed by atoms with Crippen LogP contribution in [0.1, 0.15) is 30.0 Å². The van der Waals surface area contributed by atoms with Crippen molar-refractivity contribution < 1.29 is 14.3 Å². The normalized spacial score (nSPS) is 18.9. The molecule has 2 rings (SSSR count). The molecule has 1 unspecified atom stereocenters. The van der Waals surface area contributed by atoms with E-state index in [-0.39, 0.29) is 24.5 Å². The molecule has 0 spiro atoms. The lowest BCUT2D eigenvalue weighted by Crippen LogP contribution is -2.51. The highest BCUT2D eigenvalue weighted by molar-refractivity contribution is 5.92. The van der Waals surface area contributed by atoms with Crippen LogP contribution in [0.3, 0.4) is 0 Å². The van der Waals surface area contributed by atoms with Crippen LogP contribution in [-0.4, -0.2) is 58.8 Å². The van der Waals surface area contributed by atoms with Crippen molar-refractivity contribution in [3.63, 3.8) is 0 Å². The molecule has 2 heterocycles. The smallest absolute Gasteiger partial charge is 0.269 e. The molecular weight excluding hydrogens is 284 g/mol. The van der Waals surface area contributed by atoms with E-state index in [1.54, 1.807) is 22.7 Å². The lowest BCUT2D eigenvalue weighted by atomic mass is 10.1. The first-order chi connectivity index (χ1) is 10.4. The molecule has 0 aliphatic carbocycles. The molecule has 0 saturated carbocycles. The molecule has 1 saturated heterocycles. The standard InChI is InChI=1S/C15H24N4O3/c1-10(2)7-19-8-12(22-9-14(19)20)6-16-15(21)13-5-11(3)17-18(13)4/h5,10,12H,6-9H2,1-4H3,(H,16,21). The van der Waals surface area contributed by atoms with Gasteiger partial charge >= 0.3 is 0 Å². The fraction of sp³-hybridized carbons (Fsp3) is 0.667. The largest absolute Gasteiger partial charge is 0.365 e. The molecule has 7 heteroatoms. The highest BCUT2D eigenvalue weighted by Crippen LogP contribution is 2.09. The summed E-state index contributed by atoms with van der Waals surface area (Å²) in [5.74, 6) is 0.243. The first-order valence-electron chi connectivity index (χ1n) is 7.55. The highest BCUT2D eigenvalue weighted by Gasteiger charge is 2.27. The molecule has 1 N–H and O–H groups in total. The van der Waals surface area contributed by atoms with Gasteiger partial charge in [-0.15, -0.1) is 0 Å². The Kier molecular flexibility index (Phi) is 5.18. The molecule has 1 fully saturated rings. The number of nitrogens with zero attached hydrogens (tertiary/aromatic N) is 3. The molecule has 22 heavy (non-hydrogen) atoms. The van der Waals surface area contributed by atoms with Gasteiger partial charge in [0.15, 0.2) is 0 Å². The maximum atomic E-state index is 12.1. The number of rotatable bonds is 5. The SMILES string of the molecule is Cc1cc(C(=O)NCC2CN(CC(C)C)C(=O)CO2)n(C)n1. The van der Waals surface area contributed by atoms with E-state index >= 15 is 0 Å². The number of aromatic nitrogens is 2. The van der Waals surface area contributed by atoms with Crippen molar-refractivity contribution in [3.8, 4) is 0 Å². The zero-order chi connectivity index (χ0) is 16.3. The Bertz CT molecular complexity index is 553. The summed E-state index contributed by atoms with van der Waals surface area (Å²) in [6.07, 6.45) is -0.172. The average molecular weight is 308 g/mol. The Balaban J connectivity index is 1.87. The molecule has 1 aromatic heterocycles. The maximum Gasteiger partial charge on any atom is 0.269 e. The van der Waals surface area contributed by atoms with Gasteiger partial charge in [0, 0.05) is 26.7 Å². The van der Waals surface area contributed by atoms with Gasteiger partial charge in [-0.3, -0.25) is 14.3 Å². The van der Waals surface area contributed by atoms with Crippen LogP contribution in [0.2, 0.25) is 0 Å². The van der Waals surface area contributed by atoms with Crippen LogP contribution in [-0.2, 0) is 16.6 Å². The van der Waals surface area contributed by atoms with Crippen LogP contribution in [0, 0.1) is 12.8 Å². The van der Waals surface area contributed by atoms with Crippen molar-refractivity contribution in [3.05, 3.63) is 17.5 Å². The van der Waals surface area contributed by atoms with E-state index in [1.165, 1.54) is 0 Å². The molecule has 0 bridgehead atoms. The third-order valence-corrected chi connectivity index (χ3v) is 3.53. The van der Waals surface area contributed by atoms with Crippen molar-refractivity contribution in [2.45, 2.75) is 26.9 Å². The topological polar surface area (TPSA) is 76.5 Å². The van der Waals surface area contributed by atoms with Gasteiger partial charge in [-0.1, -0.05) is 13.8 Å². The minimum atomic E-state index is -0.181. The van der Waals surface area contributed by atoms with Crippen molar-refractivity contribution >= 4 is 11.8 Å². The van der Waals surface area contributed by atoms with Crippen LogP contribution < -0.4 is 5.32 Å². The molecule has 7 nitrogen and oxygen atoms in total. The number of hydrogen-bond acceptors (Lipinski definition) is 4. The predicted molar refractivity (Wildman–Crippen MR) is 81.4 cm³/mol. The van der Waals surface area contributed by atoms with Crippen LogP contribution >= 0.6 is 0 Å². The van der Waals surface area contributed by atoms with Crippen molar-refractivity contribution in [2.24, 2.45) is 13.0 Å². The summed E-state index contributed by atoms with van der Waals surface area (Å²) in [7, 11) is 1.74. The molecular formula is C15H24N4O3. The molecule has 1 aromatic rings. The van der Waals surface area contributed by atoms with E-state index in [9.17, 15) is 9.59 Å². The Labute approximate surface area is 130 Å². The number of hydrogen-bond donors (Lipinski definition) is 1. The van der Waals surface area contributed by atoms with Gasteiger partial charge in [0.25, 0.3) is 5.91 Å². The van der Waals surface area contributed by atoms with Crippen molar-refractivity contribution in [1.82, 2.24) is 20.0 Å². The van der Waals surface area contributed by atoms with Gasteiger partial charge in [-0.2, -0.15) is 5.10 Å². The number of nitrogens with one attached hydrogen (secondary N) is 1. The Morgan fingerprint density at radius 1 is 1.55 bits per heavy atom. The summed E-state index contributed by atoms with van der Waals surface area (Å²) in [6, 6.07) is 1.74. The number of carbonyl (C=O) groups excluding carboxylic acids is 2. The second kappa shape index (κ2) is 6.91. The summed E-state index contributed by atoms with van der Waals surface area (Å²) in [5.41, 5.74) is 1.32. The summed E-state index contributed by atoms with van der Waals surface area (Å²) >= 11 is 0. The van der Waals surface area contributed by atoms with E-state index in [0.29, 0.717) is 31.2 Å². The Hall–Kier alpha value is -1.89. The highest BCUT2D eigenvalue weighted by atomic mass is 16.5. The zero-order valence-electron chi connectivity index (χ0n) is 13.6. The fourth-order valence-electron chi connectivity index (χ4n) is 2.54. The van der Waals surface area contributed by atoms with Gasteiger partial charge in [0.2, 0.25) is 5.91 Å². The van der Waals surface area contributed by atoms with E-state index in [0.717, 1.165) is 5.69 Å². The number of carbonyl (C=O) groups is 2. The van der Waals surface area contributed by atoms with Gasteiger partial charge in [-0.25, -0.2) is 0 Å². The van der Waals surface area contributed by atoms with Crippen LogP contribution in [0.25, 0.3) is 0 Å². The van der Waals surface area contributed by atoms with Crippen LogP contribution in [0.15, 0.2) is 6.07 Å². The van der Waals surface area contributed by atoms with E-state index in [1.807, 2.05) is 6.92 Å². The number of aryl methyl sites for hydroxylation is 2. The van der Waals surface area contributed by atoms with Gasteiger partial charge in [-0.05, 0) is 18.9 Å². The monoisotopic (exact) mass is 308 g/mol. The quantitative estimate of drug-likeness (QED) is 0.851. The van der Waals surface area contributed by atoms with Crippen LogP contribution in [0.4, 0.5) is 0 Å². The predicted octanol–water partition coefficient (Wildman–Crippen LogP) is 0.342. The van der Waals surface area contributed by atoms with Gasteiger partial charge in [0.05, 0.1) is 11.8 Å². The molecule has 1 aliphatic heterocycles. The first-order valence-corrected chi connectivity index (χ1v) is 7.55. The van der Waals surface area contributed by atoms with E-state index in [2.05, 4.69) is 24.3 Å². The third-order valence-electron chi connectivity index (χ3n) is 3.53. The molecule has 0 aromatic carbocycles. The maximum absolute atomic E-state index is 12.1. The molecule has 1 aliphatic rings. The minimum Gasteiger partial charge on any atom is -0.365 e. The Morgan fingerprint density at radius 3 is 2.86 bits per heavy atom. The second-order valence-corrected chi connectivity index (χ2v) is 6.13. The average Bonchev–Trinajstić information content (AvgIpc) is 2.78. The molecule has 0 radical (unpaired) electrons. The van der Waals surface area contributed by atoms with Gasteiger partial charge in [0.1, 0.15) is 12.3 Å². The number of ether oxygens (including phenoxy) is 1. The van der Waals surface area contributed by atoms with E-state index < -0.39 is 0 Å². The van der Waals surface area contributed by atoms with Gasteiger partial charge < -0.3 is 15.0 Å². The van der Waals surface area contributed by atoms with E-state index in [4.69, 9.17) is 4.74 Å². The Morgan fingerprint density at radius 2 is 2.27 bits per heavy atom. The third kappa shape index (κ3) is 4.07. The lowest BCUT2D eigenvalue weighted by Gasteiger charge is -2.33. The summed E-state index contributed by atoms with van der Waals surface area (Å²) in [5, 5.41) is 7.00. The zero-order valence-corrected chi connectivity index (χ0v) is 13.6. The minimum absolute atomic E-state index is 0.0125. The molecule has 2 amide bonds. The summed E-state index contributed by atoms with van der Waals surface area (Å²) in [4.78, 5) is 25.7. The van der Waals surface area contributed by atoms with Crippen LogP contribution in [0.5, 0.6) is 0 Å². The number of amides is 2. The lowest BCUT2D eigenvalue weighted by molar-refractivity contribution is -0.149. The first kappa shape index (κ1) is 16.5. The summed E-state index contributed by atoms with van der Waals surface area (Å²) in [6.45, 7) is 7.68. The molecule has 122 valence electrons. The fourth-order valence-corrected chi connectivity index (χ4v) is 2.54.